The van der Waals surface area contributed by atoms with E-state index >= 15 is 0 Å². The minimum Gasteiger partial charge on any atom is -0.342 e. The van der Waals surface area contributed by atoms with Crippen LogP contribution in [0.5, 0.6) is 0 Å². The van der Waals surface area contributed by atoms with Gasteiger partial charge in [0.2, 0.25) is 5.89 Å². The maximum absolute atomic E-state index is 13.0. The molecule has 0 aliphatic heterocycles. The quantitative estimate of drug-likeness (QED) is 0.288. The molecule has 40 heavy (non-hydrogen) atoms. The molecule has 4 heterocycles. The molecular weight excluding hydrogens is 504 g/mol. The predicted molar refractivity (Wildman–Crippen MR) is 150 cm³/mol. The Kier molecular flexibility index (Phi) is 5.62. The highest BCUT2D eigenvalue weighted by Crippen LogP contribution is 2.46. The summed E-state index contributed by atoms with van der Waals surface area (Å²) >= 11 is 0. The van der Waals surface area contributed by atoms with Crippen molar-refractivity contribution in [2.24, 2.45) is 0 Å². The lowest BCUT2D eigenvalue weighted by molar-refractivity contribution is 0.0919. The molecular formula is C30H32N8O2. The zero-order valence-corrected chi connectivity index (χ0v) is 23.2. The normalized spacial score (nSPS) is 17.8. The maximum atomic E-state index is 13.0. The second-order valence-electron chi connectivity index (χ2n) is 11.6. The molecule has 0 saturated heterocycles. The smallest absolute Gasteiger partial charge is 0.293 e. The third-order valence-corrected chi connectivity index (χ3v) is 8.39. The van der Waals surface area contributed by atoms with E-state index < -0.39 is 0 Å². The van der Waals surface area contributed by atoms with E-state index in [0.717, 1.165) is 77.0 Å². The van der Waals surface area contributed by atoms with Gasteiger partial charge in [-0.25, -0.2) is 9.97 Å². The van der Waals surface area contributed by atoms with Gasteiger partial charge in [-0.1, -0.05) is 30.3 Å². The first-order chi connectivity index (χ1) is 19.3. The number of hydrogen-bond donors (Lipinski definition) is 2. The van der Waals surface area contributed by atoms with Crippen molar-refractivity contribution in [2.75, 3.05) is 0 Å². The molecule has 4 aromatic heterocycles. The van der Waals surface area contributed by atoms with Crippen molar-refractivity contribution in [1.82, 2.24) is 40.2 Å². The van der Waals surface area contributed by atoms with E-state index in [9.17, 15) is 4.79 Å². The Labute approximate surface area is 231 Å². The zero-order chi connectivity index (χ0) is 27.6. The molecule has 1 aromatic carbocycles. The number of aromatic nitrogens is 7. The number of nitrogens with zero attached hydrogens (tertiary/aromatic N) is 6. The van der Waals surface area contributed by atoms with Crippen molar-refractivity contribution in [3.63, 3.8) is 0 Å². The molecule has 1 fully saturated rings. The van der Waals surface area contributed by atoms with Crippen LogP contribution in [0.15, 0.2) is 41.2 Å². The molecule has 10 nitrogen and oxygen atoms in total. The third-order valence-electron chi connectivity index (χ3n) is 8.39. The van der Waals surface area contributed by atoms with Gasteiger partial charge in [0, 0.05) is 28.9 Å². The first kappa shape index (κ1) is 24.7. The summed E-state index contributed by atoms with van der Waals surface area (Å²) in [5.41, 5.74) is 7.99. The van der Waals surface area contributed by atoms with E-state index in [4.69, 9.17) is 9.51 Å². The van der Waals surface area contributed by atoms with Crippen molar-refractivity contribution in [2.45, 2.75) is 77.3 Å². The highest BCUT2D eigenvalue weighted by Gasteiger charge is 2.45. The van der Waals surface area contributed by atoms with Crippen LogP contribution in [0, 0.1) is 6.92 Å². The summed E-state index contributed by atoms with van der Waals surface area (Å²) < 4.78 is 7.38. The number of rotatable bonds is 6. The van der Waals surface area contributed by atoms with Gasteiger partial charge in [-0.05, 0) is 75.6 Å². The molecule has 1 amide bonds. The van der Waals surface area contributed by atoms with Gasteiger partial charge < -0.3 is 14.8 Å². The van der Waals surface area contributed by atoms with Gasteiger partial charge in [-0.2, -0.15) is 10.1 Å². The number of benzene rings is 1. The summed E-state index contributed by atoms with van der Waals surface area (Å²) in [6, 6.07) is 8.63. The van der Waals surface area contributed by atoms with E-state index in [1.807, 2.05) is 23.1 Å². The molecule has 1 atom stereocenters. The van der Waals surface area contributed by atoms with E-state index in [2.05, 4.69) is 76.4 Å². The van der Waals surface area contributed by atoms with E-state index in [1.54, 1.807) is 0 Å². The fourth-order valence-electron chi connectivity index (χ4n) is 5.76. The number of carbonyl (C=O) groups is 1. The molecule has 0 spiro atoms. The van der Waals surface area contributed by atoms with Crippen LogP contribution in [-0.4, -0.2) is 40.8 Å². The Hall–Kier alpha value is -4.34. The molecule has 0 bridgehead atoms. The molecule has 0 radical (unpaired) electrons. The fraction of sp³-hybridized carbons (Fsp3) is 0.400. The number of pyridine rings is 1. The first-order valence-electron chi connectivity index (χ1n) is 14.0. The number of carbonyl (C=O) groups excluding carboxylic acids is 1. The number of amides is 1. The highest BCUT2D eigenvalue weighted by molar-refractivity contribution is 5.92. The largest absolute Gasteiger partial charge is 0.342 e. The van der Waals surface area contributed by atoms with Crippen LogP contribution in [-0.2, 0) is 11.8 Å². The van der Waals surface area contributed by atoms with Gasteiger partial charge >= 0.3 is 0 Å². The predicted octanol–water partition coefficient (Wildman–Crippen LogP) is 5.62. The van der Waals surface area contributed by atoms with Crippen LogP contribution in [0.25, 0.3) is 33.7 Å². The Bertz CT molecular complexity index is 1760. The third kappa shape index (κ3) is 4.09. The van der Waals surface area contributed by atoms with Crippen LogP contribution in [0.2, 0.25) is 0 Å². The number of aryl methyl sites for hydroxylation is 1. The lowest BCUT2D eigenvalue weighted by Gasteiger charge is -2.26. The van der Waals surface area contributed by atoms with Crippen LogP contribution in [0.3, 0.4) is 0 Å². The fourth-order valence-corrected chi connectivity index (χ4v) is 5.76. The van der Waals surface area contributed by atoms with Crippen molar-refractivity contribution in [3.05, 3.63) is 65.2 Å². The second kappa shape index (κ2) is 9.11. The number of aromatic amines is 1. The zero-order valence-electron chi connectivity index (χ0n) is 23.2. The summed E-state index contributed by atoms with van der Waals surface area (Å²) in [6.07, 6.45) is 8.50. The number of imidazole rings is 1. The molecule has 2 aliphatic carbocycles. The lowest BCUT2D eigenvalue weighted by Crippen LogP contribution is -2.31. The molecule has 204 valence electrons. The molecule has 10 heteroatoms. The van der Waals surface area contributed by atoms with Gasteiger partial charge in [0.25, 0.3) is 11.7 Å². The summed E-state index contributed by atoms with van der Waals surface area (Å²) in [6.45, 7) is 8.38. The van der Waals surface area contributed by atoms with Gasteiger partial charge in [0.15, 0.2) is 5.65 Å². The SMILES string of the molecule is Cc1c(-c2nc3c(-c4ccc5c(c4)CCC[C@H]5NC(=O)c4noc(C5(C)CC5)n4)ccnc3[nH]2)cnn1C(C)C. The van der Waals surface area contributed by atoms with Crippen LogP contribution in [0.1, 0.15) is 91.9 Å². The van der Waals surface area contributed by atoms with Crippen molar-refractivity contribution < 1.29 is 9.32 Å². The Morgan fingerprint density at radius 3 is 2.83 bits per heavy atom. The van der Waals surface area contributed by atoms with Crippen molar-refractivity contribution in [1.29, 1.82) is 0 Å². The maximum Gasteiger partial charge on any atom is 0.293 e. The minimum atomic E-state index is -0.294. The number of hydrogen-bond acceptors (Lipinski definition) is 7. The first-order valence-corrected chi connectivity index (χ1v) is 14.0. The molecule has 1 saturated carbocycles. The summed E-state index contributed by atoms with van der Waals surface area (Å²) in [5.74, 6) is 1.13. The Balaban J connectivity index is 1.17. The number of H-pyrrole nitrogens is 1. The number of fused-ring (bicyclic) bond motifs is 2. The lowest BCUT2D eigenvalue weighted by atomic mass is 9.85. The standard InChI is InChI=1S/C30H32N8O2/c1-16(2)38-17(3)22(15-32-38)25-34-24-21(10-13-31-26(24)35-25)19-8-9-20-18(14-19)6-5-7-23(20)33-28(39)27-36-29(40-37-27)30(4)11-12-30/h8-10,13-16,23H,5-7,11-12H2,1-4H3,(H,33,39)(H,31,34,35)/t23-/m1/s1. The minimum absolute atomic E-state index is 0.0677. The van der Waals surface area contributed by atoms with Gasteiger partial charge in [-0.3, -0.25) is 9.48 Å². The molecule has 0 unspecified atom stereocenters. The molecule has 2 aliphatic rings. The summed E-state index contributed by atoms with van der Waals surface area (Å²) in [7, 11) is 0. The topological polar surface area (TPSA) is 127 Å². The summed E-state index contributed by atoms with van der Waals surface area (Å²) in [4.78, 5) is 30.3. The van der Waals surface area contributed by atoms with Gasteiger partial charge in [0.05, 0.1) is 17.8 Å². The van der Waals surface area contributed by atoms with E-state index in [1.165, 1.54) is 5.56 Å². The van der Waals surface area contributed by atoms with Crippen molar-refractivity contribution in [3.8, 4) is 22.5 Å². The number of nitrogens with one attached hydrogen (secondary N) is 2. The Morgan fingerprint density at radius 2 is 2.05 bits per heavy atom. The van der Waals surface area contributed by atoms with E-state index in [0.29, 0.717) is 5.89 Å². The Morgan fingerprint density at radius 1 is 1.20 bits per heavy atom. The summed E-state index contributed by atoms with van der Waals surface area (Å²) in [5, 5.41) is 11.6. The average Bonchev–Trinajstić information content (AvgIpc) is 3.33. The highest BCUT2D eigenvalue weighted by atomic mass is 16.5. The van der Waals surface area contributed by atoms with Crippen molar-refractivity contribution >= 4 is 17.1 Å². The molecule has 2 N–H and O–H groups in total. The van der Waals surface area contributed by atoms with E-state index in [-0.39, 0.29) is 29.2 Å². The van der Waals surface area contributed by atoms with Crippen LogP contribution in [0.4, 0.5) is 0 Å². The van der Waals surface area contributed by atoms with Crippen LogP contribution < -0.4 is 5.32 Å². The average molecular weight is 537 g/mol. The second-order valence-corrected chi connectivity index (χ2v) is 11.6. The monoisotopic (exact) mass is 536 g/mol. The van der Waals surface area contributed by atoms with Gasteiger partial charge in [-0.15, -0.1) is 0 Å². The molecule has 7 rings (SSSR count). The van der Waals surface area contributed by atoms with Crippen LogP contribution >= 0.6 is 0 Å². The molecule has 5 aromatic rings. The van der Waals surface area contributed by atoms with Gasteiger partial charge in [0.1, 0.15) is 11.3 Å².